The van der Waals surface area contributed by atoms with Gasteiger partial charge in [0.15, 0.2) is 0 Å². The Morgan fingerprint density at radius 2 is 1.83 bits per heavy atom. The number of nitrogens with zero attached hydrogens (tertiary/aromatic N) is 4. The van der Waals surface area contributed by atoms with Gasteiger partial charge in [0.2, 0.25) is 0 Å². The standard InChI is InChI=1S/C19H20N4O/c1-2-17(14-20-7-1)19-21-8-9-23(19)18-5-3-16(4-6-18)15-22-10-12-24-13-11-22/h1-9,14H,10-13,15H2. The van der Waals surface area contributed by atoms with Gasteiger partial charge in [0, 0.05) is 55.7 Å². The molecule has 0 spiro atoms. The van der Waals surface area contributed by atoms with Crippen molar-refractivity contribution in [3.8, 4) is 17.1 Å². The van der Waals surface area contributed by atoms with Crippen molar-refractivity contribution in [1.82, 2.24) is 19.4 Å². The molecule has 4 rings (SSSR count). The first-order chi connectivity index (χ1) is 11.9. The van der Waals surface area contributed by atoms with Gasteiger partial charge in [-0.15, -0.1) is 0 Å². The van der Waals surface area contributed by atoms with Crippen LogP contribution in [0.1, 0.15) is 5.56 Å². The number of aromatic nitrogens is 3. The summed E-state index contributed by atoms with van der Waals surface area (Å²) in [6.45, 7) is 4.66. The number of ether oxygens (including phenoxy) is 1. The molecule has 0 atom stereocenters. The summed E-state index contributed by atoms with van der Waals surface area (Å²) in [5, 5.41) is 0. The second kappa shape index (κ2) is 6.95. The van der Waals surface area contributed by atoms with E-state index in [0.29, 0.717) is 0 Å². The molecule has 24 heavy (non-hydrogen) atoms. The first kappa shape index (κ1) is 15.1. The van der Waals surface area contributed by atoms with Gasteiger partial charge in [-0.05, 0) is 29.8 Å². The van der Waals surface area contributed by atoms with Gasteiger partial charge in [-0.1, -0.05) is 12.1 Å². The molecule has 0 saturated carbocycles. The average molecular weight is 320 g/mol. The van der Waals surface area contributed by atoms with Gasteiger partial charge in [0.1, 0.15) is 5.82 Å². The van der Waals surface area contributed by atoms with Crippen molar-refractivity contribution in [2.45, 2.75) is 6.54 Å². The molecule has 2 aromatic heterocycles. The lowest BCUT2D eigenvalue weighted by Crippen LogP contribution is -2.35. The summed E-state index contributed by atoms with van der Waals surface area (Å²) in [6.07, 6.45) is 7.42. The third-order valence-electron chi connectivity index (χ3n) is 4.28. The maximum absolute atomic E-state index is 5.40. The minimum absolute atomic E-state index is 0.835. The van der Waals surface area contributed by atoms with Crippen LogP contribution in [-0.4, -0.2) is 45.7 Å². The minimum Gasteiger partial charge on any atom is -0.379 e. The lowest BCUT2D eigenvalue weighted by Gasteiger charge is -2.26. The number of morpholine rings is 1. The molecular formula is C19H20N4O. The summed E-state index contributed by atoms with van der Waals surface area (Å²) in [6, 6.07) is 12.6. The van der Waals surface area contributed by atoms with Gasteiger partial charge < -0.3 is 4.74 Å². The fourth-order valence-electron chi connectivity index (χ4n) is 3.00. The first-order valence-corrected chi connectivity index (χ1v) is 8.23. The van der Waals surface area contributed by atoms with Gasteiger partial charge in [-0.3, -0.25) is 14.5 Å². The van der Waals surface area contributed by atoms with Crippen LogP contribution in [0.25, 0.3) is 17.1 Å². The molecule has 0 unspecified atom stereocenters. The van der Waals surface area contributed by atoms with E-state index in [4.69, 9.17) is 4.74 Å². The van der Waals surface area contributed by atoms with Crippen LogP contribution in [-0.2, 0) is 11.3 Å². The zero-order valence-corrected chi connectivity index (χ0v) is 13.5. The molecule has 122 valence electrons. The molecule has 1 aliphatic heterocycles. The maximum Gasteiger partial charge on any atom is 0.146 e. The van der Waals surface area contributed by atoms with Crippen LogP contribution >= 0.6 is 0 Å². The highest BCUT2D eigenvalue weighted by atomic mass is 16.5. The summed E-state index contributed by atoms with van der Waals surface area (Å²) in [7, 11) is 0. The number of hydrogen-bond donors (Lipinski definition) is 0. The number of pyridine rings is 1. The molecule has 0 amide bonds. The number of benzene rings is 1. The predicted octanol–water partition coefficient (Wildman–Crippen LogP) is 2.77. The Balaban J connectivity index is 1.54. The molecule has 3 aromatic rings. The molecule has 1 aromatic carbocycles. The van der Waals surface area contributed by atoms with Crippen LogP contribution in [0.4, 0.5) is 0 Å². The van der Waals surface area contributed by atoms with Crippen LogP contribution < -0.4 is 0 Å². The van der Waals surface area contributed by atoms with E-state index in [1.807, 2.05) is 30.7 Å². The Hall–Kier alpha value is -2.50. The molecule has 0 bridgehead atoms. The Labute approximate surface area is 141 Å². The van der Waals surface area contributed by atoms with Crippen molar-refractivity contribution in [2.75, 3.05) is 26.3 Å². The van der Waals surface area contributed by atoms with E-state index in [0.717, 1.165) is 49.9 Å². The lowest BCUT2D eigenvalue weighted by molar-refractivity contribution is 0.0342. The van der Waals surface area contributed by atoms with E-state index in [1.54, 1.807) is 6.20 Å². The Kier molecular flexibility index (Phi) is 4.36. The zero-order valence-electron chi connectivity index (χ0n) is 13.5. The van der Waals surface area contributed by atoms with Crippen molar-refractivity contribution in [3.63, 3.8) is 0 Å². The first-order valence-electron chi connectivity index (χ1n) is 8.23. The monoisotopic (exact) mass is 320 g/mol. The van der Waals surface area contributed by atoms with E-state index in [-0.39, 0.29) is 0 Å². The van der Waals surface area contributed by atoms with Crippen molar-refractivity contribution in [2.24, 2.45) is 0 Å². The number of rotatable bonds is 4. The summed E-state index contributed by atoms with van der Waals surface area (Å²) in [5.74, 6) is 0.907. The number of hydrogen-bond acceptors (Lipinski definition) is 4. The average Bonchev–Trinajstić information content (AvgIpc) is 3.14. The van der Waals surface area contributed by atoms with E-state index >= 15 is 0 Å². The molecule has 1 saturated heterocycles. The highest BCUT2D eigenvalue weighted by molar-refractivity contribution is 5.57. The van der Waals surface area contributed by atoms with E-state index < -0.39 is 0 Å². The van der Waals surface area contributed by atoms with Crippen LogP contribution in [0.2, 0.25) is 0 Å². The van der Waals surface area contributed by atoms with Gasteiger partial charge in [0.25, 0.3) is 0 Å². The van der Waals surface area contributed by atoms with Crippen molar-refractivity contribution in [3.05, 3.63) is 66.7 Å². The molecule has 3 heterocycles. The SMILES string of the molecule is c1cncc(-c2nccn2-c2ccc(CN3CCOCC3)cc2)c1. The van der Waals surface area contributed by atoms with Crippen molar-refractivity contribution in [1.29, 1.82) is 0 Å². The Morgan fingerprint density at radius 1 is 1.00 bits per heavy atom. The highest BCUT2D eigenvalue weighted by Crippen LogP contribution is 2.21. The molecule has 5 heteroatoms. The molecule has 0 radical (unpaired) electrons. The highest BCUT2D eigenvalue weighted by Gasteiger charge is 2.11. The Morgan fingerprint density at radius 3 is 2.58 bits per heavy atom. The molecule has 1 aliphatic rings. The van der Waals surface area contributed by atoms with E-state index in [2.05, 4.69) is 43.7 Å². The van der Waals surface area contributed by atoms with Crippen molar-refractivity contribution >= 4 is 0 Å². The molecular weight excluding hydrogens is 300 g/mol. The summed E-state index contributed by atoms with van der Waals surface area (Å²) >= 11 is 0. The normalized spacial score (nSPS) is 15.5. The molecule has 5 nitrogen and oxygen atoms in total. The fraction of sp³-hybridized carbons (Fsp3) is 0.263. The van der Waals surface area contributed by atoms with Crippen LogP contribution in [0, 0.1) is 0 Å². The maximum atomic E-state index is 5.40. The Bertz CT molecular complexity index is 777. The van der Waals surface area contributed by atoms with Gasteiger partial charge in [0.05, 0.1) is 13.2 Å². The van der Waals surface area contributed by atoms with E-state index in [9.17, 15) is 0 Å². The summed E-state index contributed by atoms with van der Waals surface area (Å²) in [5.41, 5.74) is 3.45. The predicted molar refractivity (Wildman–Crippen MR) is 92.9 cm³/mol. The second-order valence-corrected chi connectivity index (χ2v) is 5.92. The second-order valence-electron chi connectivity index (χ2n) is 5.92. The van der Waals surface area contributed by atoms with Crippen LogP contribution in [0.15, 0.2) is 61.2 Å². The van der Waals surface area contributed by atoms with Crippen LogP contribution in [0.5, 0.6) is 0 Å². The fourth-order valence-corrected chi connectivity index (χ4v) is 3.00. The zero-order chi connectivity index (χ0) is 16.2. The molecule has 1 fully saturated rings. The summed E-state index contributed by atoms with van der Waals surface area (Å²) < 4.78 is 7.50. The summed E-state index contributed by atoms with van der Waals surface area (Å²) in [4.78, 5) is 11.1. The topological polar surface area (TPSA) is 43.2 Å². The molecule has 0 aliphatic carbocycles. The van der Waals surface area contributed by atoms with Crippen LogP contribution in [0.3, 0.4) is 0 Å². The van der Waals surface area contributed by atoms with Crippen molar-refractivity contribution < 1.29 is 4.74 Å². The quantitative estimate of drug-likeness (QED) is 0.741. The third kappa shape index (κ3) is 3.22. The third-order valence-corrected chi connectivity index (χ3v) is 4.28. The number of imidazole rings is 1. The van der Waals surface area contributed by atoms with Gasteiger partial charge in [-0.25, -0.2) is 4.98 Å². The molecule has 0 N–H and O–H groups in total. The lowest BCUT2D eigenvalue weighted by atomic mass is 10.2. The van der Waals surface area contributed by atoms with E-state index in [1.165, 1.54) is 5.56 Å². The van der Waals surface area contributed by atoms with Gasteiger partial charge >= 0.3 is 0 Å². The minimum atomic E-state index is 0.835. The van der Waals surface area contributed by atoms with Gasteiger partial charge in [-0.2, -0.15) is 0 Å². The smallest absolute Gasteiger partial charge is 0.146 e. The largest absolute Gasteiger partial charge is 0.379 e.